The van der Waals surface area contributed by atoms with Gasteiger partial charge >= 0.3 is 0 Å². The molecule has 1 spiro atoms. The normalized spacial score (nSPS) is 39.8. The first-order chi connectivity index (χ1) is 9.09. The fourth-order valence-corrected chi connectivity index (χ4v) is 4.68. The molecule has 3 fully saturated rings. The average Bonchev–Trinajstić information content (AvgIpc) is 2.59. The Morgan fingerprint density at radius 2 is 1.53 bits per heavy atom. The fourth-order valence-electron chi connectivity index (χ4n) is 4.68. The lowest BCUT2D eigenvalue weighted by molar-refractivity contribution is -0.0909. The lowest BCUT2D eigenvalue weighted by Gasteiger charge is -2.53. The van der Waals surface area contributed by atoms with E-state index in [0.29, 0.717) is 5.41 Å². The molecule has 2 nitrogen and oxygen atoms in total. The van der Waals surface area contributed by atoms with Crippen LogP contribution in [0, 0.1) is 11.3 Å². The van der Waals surface area contributed by atoms with Crippen LogP contribution < -0.4 is 0 Å². The first-order valence-electron chi connectivity index (χ1n) is 8.54. The molecule has 1 saturated heterocycles. The van der Waals surface area contributed by atoms with Crippen molar-refractivity contribution in [2.45, 2.75) is 76.7 Å². The minimum Gasteiger partial charge on any atom is -0.389 e. The van der Waals surface area contributed by atoms with E-state index in [4.69, 9.17) is 0 Å². The topological polar surface area (TPSA) is 23.5 Å². The second-order valence-corrected chi connectivity index (χ2v) is 7.97. The van der Waals surface area contributed by atoms with Gasteiger partial charge < -0.3 is 5.11 Å². The number of aliphatic hydroxyl groups is 1. The highest BCUT2D eigenvalue weighted by Gasteiger charge is 2.45. The highest BCUT2D eigenvalue weighted by Crippen LogP contribution is 2.44. The molecule has 1 N–H and O–H groups in total. The Hall–Kier alpha value is -0.0800. The van der Waals surface area contributed by atoms with Crippen LogP contribution in [0.5, 0.6) is 0 Å². The van der Waals surface area contributed by atoms with Gasteiger partial charge in [0, 0.05) is 19.6 Å². The summed E-state index contributed by atoms with van der Waals surface area (Å²) < 4.78 is 0. The summed E-state index contributed by atoms with van der Waals surface area (Å²) in [7, 11) is 0. The van der Waals surface area contributed by atoms with E-state index < -0.39 is 0 Å². The number of likely N-dealkylation sites (tertiary alicyclic amines) is 1. The van der Waals surface area contributed by atoms with Crippen molar-refractivity contribution in [3.05, 3.63) is 0 Å². The maximum atomic E-state index is 10.7. The van der Waals surface area contributed by atoms with Crippen molar-refractivity contribution < 1.29 is 5.11 Å². The third-order valence-corrected chi connectivity index (χ3v) is 6.01. The number of hydrogen-bond donors (Lipinski definition) is 1. The summed E-state index contributed by atoms with van der Waals surface area (Å²) in [5.41, 5.74) is 0.285. The molecule has 0 aromatic heterocycles. The van der Waals surface area contributed by atoms with Crippen molar-refractivity contribution in [1.29, 1.82) is 0 Å². The molecule has 3 aliphatic rings. The molecule has 0 amide bonds. The predicted octanol–water partition coefficient (Wildman–Crippen LogP) is 3.58. The maximum absolute atomic E-state index is 10.7. The molecule has 0 aromatic rings. The number of nitrogens with zero attached hydrogens (tertiary/aromatic N) is 1. The molecule has 1 heterocycles. The monoisotopic (exact) mass is 265 g/mol. The Balaban J connectivity index is 1.48. The van der Waals surface area contributed by atoms with Crippen LogP contribution in [0.1, 0.15) is 71.1 Å². The molecule has 1 aliphatic heterocycles. The minimum atomic E-state index is -0.362. The Morgan fingerprint density at radius 1 is 0.947 bits per heavy atom. The summed E-state index contributed by atoms with van der Waals surface area (Å²) in [4.78, 5) is 2.54. The molecular weight excluding hydrogens is 234 g/mol. The van der Waals surface area contributed by atoms with E-state index in [1.54, 1.807) is 0 Å². The van der Waals surface area contributed by atoms with Crippen molar-refractivity contribution in [3.63, 3.8) is 0 Å². The average molecular weight is 265 g/mol. The molecule has 110 valence electrons. The molecule has 2 saturated carbocycles. The number of rotatable bonds is 2. The summed E-state index contributed by atoms with van der Waals surface area (Å²) in [5.74, 6) is 0.824. The minimum absolute atomic E-state index is 0.362. The van der Waals surface area contributed by atoms with Gasteiger partial charge in [0.25, 0.3) is 0 Å². The second kappa shape index (κ2) is 5.37. The van der Waals surface area contributed by atoms with Gasteiger partial charge in [0.15, 0.2) is 0 Å². The van der Waals surface area contributed by atoms with Crippen LogP contribution in [0.25, 0.3) is 0 Å². The van der Waals surface area contributed by atoms with Crippen molar-refractivity contribution >= 4 is 0 Å². The fraction of sp³-hybridized carbons (Fsp3) is 1.00. The van der Waals surface area contributed by atoms with E-state index in [9.17, 15) is 5.11 Å². The van der Waals surface area contributed by atoms with Crippen LogP contribution in [0.2, 0.25) is 0 Å². The third kappa shape index (κ3) is 3.16. The second-order valence-electron chi connectivity index (χ2n) is 7.97. The number of hydrogen-bond acceptors (Lipinski definition) is 2. The SMILES string of the molecule is CC1CCC(O)(CN2CC3(CCCCCC3)C2)CC1. The van der Waals surface area contributed by atoms with Crippen LogP contribution in [0.4, 0.5) is 0 Å². The zero-order chi connectivity index (χ0) is 13.3. The Labute approximate surface area is 118 Å². The molecule has 0 aromatic carbocycles. The largest absolute Gasteiger partial charge is 0.389 e. The van der Waals surface area contributed by atoms with Gasteiger partial charge in [-0.3, -0.25) is 4.90 Å². The maximum Gasteiger partial charge on any atom is 0.0774 e. The molecule has 0 atom stereocenters. The smallest absolute Gasteiger partial charge is 0.0774 e. The van der Waals surface area contributed by atoms with E-state index in [1.807, 2.05) is 0 Å². The van der Waals surface area contributed by atoms with Crippen molar-refractivity contribution in [2.75, 3.05) is 19.6 Å². The van der Waals surface area contributed by atoms with Crippen LogP contribution in [-0.4, -0.2) is 35.2 Å². The van der Waals surface area contributed by atoms with Crippen molar-refractivity contribution in [2.24, 2.45) is 11.3 Å². The van der Waals surface area contributed by atoms with Gasteiger partial charge in [-0.1, -0.05) is 32.6 Å². The van der Waals surface area contributed by atoms with Gasteiger partial charge in [-0.05, 0) is 49.9 Å². The highest BCUT2D eigenvalue weighted by molar-refractivity contribution is 4.99. The van der Waals surface area contributed by atoms with Gasteiger partial charge in [0.1, 0.15) is 0 Å². The van der Waals surface area contributed by atoms with Crippen LogP contribution in [0.3, 0.4) is 0 Å². The first kappa shape index (κ1) is 13.9. The molecule has 19 heavy (non-hydrogen) atoms. The molecule has 2 aliphatic carbocycles. The standard InChI is InChI=1S/C17H31NO/c1-15-6-10-17(19,11-7-15)14-18-12-16(13-18)8-4-2-3-5-9-16/h15,19H,2-14H2,1H3. The van der Waals surface area contributed by atoms with E-state index in [0.717, 1.165) is 25.3 Å². The van der Waals surface area contributed by atoms with Gasteiger partial charge in [0.05, 0.1) is 5.60 Å². The van der Waals surface area contributed by atoms with Gasteiger partial charge in [-0.2, -0.15) is 0 Å². The molecule has 0 radical (unpaired) electrons. The van der Waals surface area contributed by atoms with Gasteiger partial charge in [0.2, 0.25) is 0 Å². The summed E-state index contributed by atoms with van der Waals surface area (Å²) in [6, 6.07) is 0. The third-order valence-electron chi connectivity index (χ3n) is 6.01. The van der Waals surface area contributed by atoms with Gasteiger partial charge in [-0.25, -0.2) is 0 Å². The van der Waals surface area contributed by atoms with E-state index in [-0.39, 0.29) is 5.60 Å². The Bertz CT molecular complexity index is 290. The highest BCUT2D eigenvalue weighted by atomic mass is 16.3. The summed E-state index contributed by atoms with van der Waals surface area (Å²) in [6.07, 6.45) is 13.1. The molecule has 2 heteroatoms. The van der Waals surface area contributed by atoms with E-state index in [1.165, 1.54) is 64.5 Å². The van der Waals surface area contributed by atoms with Crippen molar-refractivity contribution in [1.82, 2.24) is 4.90 Å². The molecule has 0 bridgehead atoms. The Kier molecular flexibility index (Phi) is 3.92. The zero-order valence-corrected chi connectivity index (χ0v) is 12.7. The van der Waals surface area contributed by atoms with Crippen LogP contribution in [0.15, 0.2) is 0 Å². The van der Waals surface area contributed by atoms with Crippen LogP contribution in [-0.2, 0) is 0 Å². The molecule has 0 unspecified atom stereocenters. The lowest BCUT2D eigenvalue weighted by atomic mass is 9.72. The summed E-state index contributed by atoms with van der Waals surface area (Å²) >= 11 is 0. The van der Waals surface area contributed by atoms with Gasteiger partial charge in [-0.15, -0.1) is 0 Å². The number of β-amino-alcohol motifs (C(OH)–C–C–N with tert-alkyl or cyclic N) is 1. The molecule has 3 rings (SSSR count). The molecular formula is C17H31NO. The zero-order valence-electron chi connectivity index (χ0n) is 12.7. The van der Waals surface area contributed by atoms with E-state index in [2.05, 4.69) is 11.8 Å². The first-order valence-corrected chi connectivity index (χ1v) is 8.54. The van der Waals surface area contributed by atoms with Crippen molar-refractivity contribution in [3.8, 4) is 0 Å². The lowest BCUT2D eigenvalue weighted by Crippen LogP contribution is -2.60. The quantitative estimate of drug-likeness (QED) is 0.825. The summed E-state index contributed by atoms with van der Waals surface area (Å²) in [5, 5.41) is 10.7. The Morgan fingerprint density at radius 3 is 2.11 bits per heavy atom. The van der Waals surface area contributed by atoms with Crippen LogP contribution >= 0.6 is 0 Å². The van der Waals surface area contributed by atoms with E-state index >= 15 is 0 Å². The summed E-state index contributed by atoms with van der Waals surface area (Å²) in [6.45, 7) is 5.81. The predicted molar refractivity (Wildman–Crippen MR) is 79.2 cm³/mol.